The Balaban J connectivity index is 1.77. The summed E-state index contributed by atoms with van der Waals surface area (Å²) in [5, 5.41) is 0. The zero-order valence-electron chi connectivity index (χ0n) is 21.3. The van der Waals surface area contributed by atoms with Gasteiger partial charge in [0.2, 0.25) is 5.91 Å². The van der Waals surface area contributed by atoms with Crippen molar-refractivity contribution in [3.05, 3.63) is 35.4 Å². The molecule has 2 N–H and O–H groups in total. The molecule has 1 aliphatic carbocycles. The van der Waals surface area contributed by atoms with Crippen LogP contribution in [0.2, 0.25) is 0 Å². The van der Waals surface area contributed by atoms with E-state index in [1.54, 1.807) is 26.8 Å². The van der Waals surface area contributed by atoms with Gasteiger partial charge in [0.1, 0.15) is 5.60 Å². The molecule has 0 aromatic heterocycles. The number of hydrogen-bond donors (Lipinski definition) is 1. The molecule has 4 atom stereocenters. The van der Waals surface area contributed by atoms with Crippen LogP contribution in [-0.4, -0.2) is 52.6 Å². The van der Waals surface area contributed by atoms with E-state index in [1.807, 2.05) is 13.8 Å². The third kappa shape index (κ3) is 6.97. The van der Waals surface area contributed by atoms with Crippen molar-refractivity contribution in [3.63, 3.8) is 0 Å². The number of hydrogen-bond acceptors (Lipinski definition) is 5. The number of ether oxygens (including phenoxy) is 1. The fraction of sp³-hybridized carbons (Fsp3) is 0.692. The summed E-state index contributed by atoms with van der Waals surface area (Å²) >= 11 is 0. The number of imide groups is 1. The summed E-state index contributed by atoms with van der Waals surface area (Å²) in [6.07, 6.45) is -3.09. The van der Waals surface area contributed by atoms with Gasteiger partial charge in [-0.3, -0.25) is 9.69 Å². The lowest BCUT2D eigenvalue weighted by Crippen LogP contribution is -2.54. The predicted molar refractivity (Wildman–Crippen MR) is 127 cm³/mol. The second kappa shape index (κ2) is 10.5. The lowest BCUT2D eigenvalue weighted by molar-refractivity contribution is -0.137. The molecule has 1 heterocycles. The third-order valence-electron chi connectivity index (χ3n) is 6.76. The van der Waals surface area contributed by atoms with Crippen LogP contribution in [0.4, 0.5) is 18.0 Å². The first-order valence-electron chi connectivity index (χ1n) is 12.4. The fourth-order valence-corrected chi connectivity index (χ4v) is 5.37. The van der Waals surface area contributed by atoms with Crippen LogP contribution in [0.15, 0.2) is 24.3 Å². The van der Waals surface area contributed by atoms with Crippen molar-refractivity contribution in [3.8, 4) is 0 Å². The Bertz CT molecular complexity index is 913. The van der Waals surface area contributed by atoms with E-state index < -0.39 is 35.4 Å². The maximum Gasteiger partial charge on any atom is 0.417 e. The molecule has 3 rings (SSSR count). The van der Waals surface area contributed by atoms with E-state index in [9.17, 15) is 22.8 Å². The number of nitrogens with two attached hydrogens (primary N) is 1. The average molecular weight is 498 g/mol. The molecular formula is C26H38F3N3O3. The van der Waals surface area contributed by atoms with Crippen LogP contribution in [0.1, 0.15) is 65.0 Å². The molecule has 1 aromatic carbocycles. The highest BCUT2D eigenvalue weighted by Gasteiger charge is 2.49. The molecule has 2 aliphatic rings. The lowest BCUT2D eigenvalue weighted by atomic mass is 9.95. The number of carbonyl (C=O) groups excluding carboxylic acids is 2. The van der Waals surface area contributed by atoms with E-state index in [0.29, 0.717) is 38.0 Å². The highest BCUT2D eigenvalue weighted by Crippen LogP contribution is 2.42. The molecule has 1 aliphatic heterocycles. The fourth-order valence-electron chi connectivity index (χ4n) is 5.37. The molecule has 1 aromatic rings. The van der Waals surface area contributed by atoms with Gasteiger partial charge in [0.15, 0.2) is 0 Å². The van der Waals surface area contributed by atoms with Crippen LogP contribution >= 0.6 is 0 Å². The molecule has 9 heteroatoms. The number of carbonyl (C=O) groups is 2. The number of likely N-dealkylation sites (tertiary alicyclic amines) is 1. The van der Waals surface area contributed by atoms with Gasteiger partial charge < -0.3 is 10.5 Å². The summed E-state index contributed by atoms with van der Waals surface area (Å²) in [6, 6.07) is 4.24. The number of benzene rings is 1. The minimum absolute atomic E-state index is 0.0310. The zero-order chi connectivity index (χ0) is 26.1. The quantitative estimate of drug-likeness (QED) is 0.595. The summed E-state index contributed by atoms with van der Waals surface area (Å²) < 4.78 is 44.9. The van der Waals surface area contributed by atoms with Gasteiger partial charge in [0.05, 0.1) is 11.6 Å². The van der Waals surface area contributed by atoms with Gasteiger partial charge in [-0.15, -0.1) is 0 Å². The maximum atomic E-state index is 13.4. The van der Waals surface area contributed by atoms with Gasteiger partial charge in [-0.1, -0.05) is 32.0 Å². The summed E-state index contributed by atoms with van der Waals surface area (Å²) in [4.78, 5) is 29.9. The van der Waals surface area contributed by atoms with Gasteiger partial charge in [-0.25, -0.2) is 9.69 Å². The largest absolute Gasteiger partial charge is 0.443 e. The normalized spacial score (nSPS) is 23.9. The van der Waals surface area contributed by atoms with Gasteiger partial charge in [0, 0.05) is 25.7 Å². The standard InChI is InChI=1S/C26H38F3N3O3/c1-16(2)11-21(30)23(33)32(24(34)35-25(3,4)5)22-10-9-18-14-31(15-20(18)22)13-17-7-6-8-19(12-17)26(27,28)29/h6-8,12,16,18,20-22H,9-11,13-15,30H2,1-5H3/t18-,20?,21-,22?/m0/s1. The van der Waals surface area contributed by atoms with Crippen molar-refractivity contribution < 1.29 is 27.5 Å². The van der Waals surface area contributed by atoms with Gasteiger partial charge in [0.25, 0.3) is 0 Å². The highest BCUT2D eigenvalue weighted by molar-refractivity contribution is 5.95. The molecule has 35 heavy (non-hydrogen) atoms. The molecule has 2 amide bonds. The first kappa shape index (κ1) is 27.5. The Morgan fingerprint density at radius 2 is 1.86 bits per heavy atom. The van der Waals surface area contributed by atoms with E-state index in [0.717, 1.165) is 12.5 Å². The second-order valence-electron chi connectivity index (χ2n) is 11.4. The molecule has 1 saturated carbocycles. The van der Waals surface area contributed by atoms with E-state index in [1.165, 1.54) is 17.0 Å². The van der Waals surface area contributed by atoms with Crippen LogP contribution in [0.25, 0.3) is 0 Å². The van der Waals surface area contributed by atoms with Crippen molar-refractivity contribution in [2.24, 2.45) is 23.5 Å². The van der Waals surface area contributed by atoms with Crippen molar-refractivity contribution in [2.45, 2.75) is 84.3 Å². The van der Waals surface area contributed by atoms with E-state index in [4.69, 9.17) is 10.5 Å². The zero-order valence-corrected chi connectivity index (χ0v) is 21.3. The van der Waals surface area contributed by atoms with Crippen LogP contribution in [-0.2, 0) is 22.3 Å². The van der Waals surface area contributed by atoms with E-state index >= 15 is 0 Å². The summed E-state index contributed by atoms with van der Waals surface area (Å²) in [5.74, 6) is 0.0588. The molecule has 0 radical (unpaired) electrons. The van der Waals surface area contributed by atoms with E-state index in [-0.39, 0.29) is 23.8 Å². The van der Waals surface area contributed by atoms with Crippen molar-refractivity contribution in [1.82, 2.24) is 9.80 Å². The molecule has 0 spiro atoms. The number of halogens is 3. The lowest BCUT2D eigenvalue weighted by Gasteiger charge is -2.34. The number of fused-ring (bicyclic) bond motifs is 1. The minimum Gasteiger partial charge on any atom is -0.443 e. The Morgan fingerprint density at radius 1 is 1.17 bits per heavy atom. The summed E-state index contributed by atoms with van der Waals surface area (Å²) in [7, 11) is 0. The first-order valence-corrected chi connectivity index (χ1v) is 12.4. The van der Waals surface area contributed by atoms with Crippen LogP contribution < -0.4 is 5.73 Å². The number of alkyl halides is 3. The Kier molecular flexibility index (Phi) is 8.21. The Labute approximate surface area is 206 Å². The molecule has 2 fully saturated rings. The van der Waals surface area contributed by atoms with Crippen molar-refractivity contribution in [2.75, 3.05) is 13.1 Å². The van der Waals surface area contributed by atoms with Gasteiger partial charge in [-0.05, 0) is 69.4 Å². The summed E-state index contributed by atoms with van der Waals surface area (Å²) in [5.41, 5.74) is 5.37. The molecule has 6 nitrogen and oxygen atoms in total. The molecule has 196 valence electrons. The predicted octanol–water partition coefficient (Wildman–Crippen LogP) is 5.05. The van der Waals surface area contributed by atoms with Crippen LogP contribution in [0, 0.1) is 17.8 Å². The number of amides is 2. The van der Waals surface area contributed by atoms with Gasteiger partial charge in [-0.2, -0.15) is 13.2 Å². The second-order valence-corrected chi connectivity index (χ2v) is 11.4. The van der Waals surface area contributed by atoms with Gasteiger partial charge >= 0.3 is 12.3 Å². The molecule has 2 unspecified atom stereocenters. The van der Waals surface area contributed by atoms with E-state index in [2.05, 4.69) is 4.90 Å². The number of rotatable bonds is 6. The third-order valence-corrected chi connectivity index (χ3v) is 6.76. The SMILES string of the molecule is CC(C)C[C@H](N)C(=O)N(C(=O)OC(C)(C)C)C1CC[C@H]2CN(Cc3cccc(C(F)(F)F)c3)CC12. The highest BCUT2D eigenvalue weighted by atomic mass is 19.4. The Hall–Kier alpha value is -2.13. The monoisotopic (exact) mass is 497 g/mol. The smallest absolute Gasteiger partial charge is 0.417 e. The van der Waals surface area contributed by atoms with Crippen LogP contribution in [0.5, 0.6) is 0 Å². The topological polar surface area (TPSA) is 75.9 Å². The molecular weight excluding hydrogens is 459 g/mol. The average Bonchev–Trinajstić information content (AvgIpc) is 3.27. The Morgan fingerprint density at radius 3 is 2.46 bits per heavy atom. The van der Waals surface area contributed by atoms with Crippen molar-refractivity contribution in [1.29, 1.82) is 0 Å². The number of nitrogens with zero attached hydrogens (tertiary/aromatic N) is 2. The van der Waals surface area contributed by atoms with Crippen molar-refractivity contribution >= 4 is 12.0 Å². The van der Waals surface area contributed by atoms with Crippen LogP contribution in [0.3, 0.4) is 0 Å². The first-order chi connectivity index (χ1) is 16.2. The summed E-state index contributed by atoms with van der Waals surface area (Å²) in [6.45, 7) is 10.9. The maximum absolute atomic E-state index is 13.4. The minimum atomic E-state index is -4.38. The molecule has 0 bridgehead atoms. The molecule has 1 saturated heterocycles.